The first kappa shape index (κ1) is 30.6. The van der Waals surface area contributed by atoms with Gasteiger partial charge in [0.1, 0.15) is 11.0 Å². The van der Waals surface area contributed by atoms with E-state index in [1.165, 1.54) is 0 Å². The van der Waals surface area contributed by atoms with Crippen LogP contribution in [0.15, 0.2) is 94.4 Å². The molecule has 1 N–H and O–H groups in total. The van der Waals surface area contributed by atoms with E-state index in [0.29, 0.717) is 12.0 Å². The Morgan fingerprint density at radius 3 is 2.27 bits per heavy atom. The van der Waals surface area contributed by atoms with Gasteiger partial charge in [0, 0.05) is 13.0 Å². The molecule has 0 aliphatic carbocycles. The van der Waals surface area contributed by atoms with Crippen molar-refractivity contribution in [1.29, 1.82) is 0 Å². The molecule has 202 valence electrons. The first-order valence-electron chi connectivity index (χ1n) is 12.6. The Hall–Kier alpha value is -2.67. The van der Waals surface area contributed by atoms with Crippen molar-refractivity contribution in [2.24, 2.45) is 5.92 Å². The molecule has 37 heavy (non-hydrogen) atoms. The molecule has 0 aromatic heterocycles. The highest BCUT2D eigenvalue weighted by Crippen LogP contribution is 2.29. The Balaban J connectivity index is 2.39. The largest absolute Gasteiger partial charge is 0.497 e. The summed E-state index contributed by atoms with van der Waals surface area (Å²) in [6.07, 6.45) is 5.56. The number of aliphatic hydroxyl groups excluding tert-OH is 1. The monoisotopic (exact) mass is 526 g/mol. The third-order valence-electron chi connectivity index (χ3n) is 6.72. The molecule has 0 amide bonds. The molecule has 2 aromatic rings. The number of hydrogen-bond donors (Lipinski definition) is 1. The van der Waals surface area contributed by atoms with E-state index in [1.807, 2.05) is 70.2 Å². The summed E-state index contributed by atoms with van der Waals surface area (Å²) >= 11 is 0. The standard InChI is InChI=1S/C31H42O5S/c1-8-23(3)30(36-7)24(4)20-25(5)31(37(33,34)28-15-10-9-11-16-28)29(32)19-22(2)17-18-26-13-12-14-27(21-26)35-6/h8-17,20-21,24,29-32H,18-19H2,1-7H3/b22-17-,23-8-,25-20+/t24-,29?,30?,31?/m1/s1. The topological polar surface area (TPSA) is 72.8 Å². The molecule has 0 aliphatic rings. The van der Waals surface area contributed by atoms with Gasteiger partial charge in [0.05, 0.1) is 24.2 Å². The number of ether oxygens (including phenoxy) is 2. The van der Waals surface area contributed by atoms with Crippen LogP contribution in [0.25, 0.3) is 0 Å². The summed E-state index contributed by atoms with van der Waals surface area (Å²) in [4.78, 5) is 0.199. The first-order valence-corrected chi connectivity index (χ1v) is 14.2. The molecule has 4 atom stereocenters. The van der Waals surface area contributed by atoms with Gasteiger partial charge >= 0.3 is 0 Å². The van der Waals surface area contributed by atoms with E-state index in [9.17, 15) is 13.5 Å². The van der Waals surface area contributed by atoms with Crippen LogP contribution < -0.4 is 4.74 Å². The molecule has 5 nitrogen and oxygen atoms in total. The van der Waals surface area contributed by atoms with E-state index in [1.54, 1.807) is 51.5 Å². The Kier molecular flexibility index (Phi) is 11.8. The summed E-state index contributed by atoms with van der Waals surface area (Å²) in [5.74, 6) is 0.710. The van der Waals surface area contributed by atoms with Crippen molar-refractivity contribution in [3.05, 3.63) is 95.1 Å². The van der Waals surface area contributed by atoms with Gasteiger partial charge in [-0.05, 0) is 75.9 Å². The number of hydrogen-bond acceptors (Lipinski definition) is 5. The van der Waals surface area contributed by atoms with Crippen molar-refractivity contribution in [3.63, 3.8) is 0 Å². The molecule has 3 unspecified atom stereocenters. The van der Waals surface area contributed by atoms with Gasteiger partial charge in [0.15, 0.2) is 9.84 Å². The minimum Gasteiger partial charge on any atom is -0.497 e. The van der Waals surface area contributed by atoms with Crippen LogP contribution >= 0.6 is 0 Å². The highest BCUT2D eigenvalue weighted by atomic mass is 32.2. The summed E-state index contributed by atoms with van der Waals surface area (Å²) in [6, 6.07) is 16.2. The molecule has 0 spiro atoms. The van der Waals surface area contributed by atoms with E-state index in [-0.39, 0.29) is 23.3 Å². The third-order valence-corrected chi connectivity index (χ3v) is 9.00. The van der Waals surface area contributed by atoms with E-state index < -0.39 is 21.2 Å². The van der Waals surface area contributed by atoms with Crippen molar-refractivity contribution >= 4 is 9.84 Å². The van der Waals surface area contributed by atoms with Crippen molar-refractivity contribution in [2.75, 3.05) is 14.2 Å². The van der Waals surface area contributed by atoms with Gasteiger partial charge in [-0.25, -0.2) is 8.42 Å². The van der Waals surface area contributed by atoms with Crippen LogP contribution in [-0.2, 0) is 21.0 Å². The summed E-state index contributed by atoms with van der Waals surface area (Å²) in [6.45, 7) is 9.67. The fraction of sp³-hybridized carbons (Fsp3) is 0.419. The highest BCUT2D eigenvalue weighted by molar-refractivity contribution is 7.92. The minimum absolute atomic E-state index is 0.0772. The van der Waals surface area contributed by atoms with Crippen molar-refractivity contribution in [2.45, 2.75) is 69.8 Å². The van der Waals surface area contributed by atoms with Crippen LogP contribution in [0.1, 0.15) is 46.6 Å². The fourth-order valence-corrected chi connectivity index (χ4v) is 6.61. The van der Waals surface area contributed by atoms with Crippen LogP contribution in [0.2, 0.25) is 0 Å². The van der Waals surface area contributed by atoms with Gasteiger partial charge in [0.25, 0.3) is 0 Å². The average Bonchev–Trinajstić information content (AvgIpc) is 2.88. The molecule has 0 aliphatic heterocycles. The predicted octanol–water partition coefficient (Wildman–Crippen LogP) is 6.34. The Morgan fingerprint density at radius 2 is 1.68 bits per heavy atom. The van der Waals surface area contributed by atoms with Crippen LogP contribution in [0, 0.1) is 5.92 Å². The van der Waals surface area contributed by atoms with Crippen LogP contribution in [0.4, 0.5) is 0 Å². The van der Waals surface area contributed by atoms with E-state index in [4.69, 9.17) is 9.47 Å². The summed E-state index contributed by atoms with van der Waals surface area (Å²) < 4.78 is 38.5. The Labute approximate surface area is 223 Å². The Morgan fingerprint density at radius 1 is 1.00 bits per heavy atom. The Bertz CT molecular complexity index is 1200. The maximum absolute atomic E-state index is 13.8. The maximum atomic E-state index is 13.8. The summed E-state index contributed by atoms with van der Waals surface area (Å²) in [7, 11) is -0.555. The van der Waals surface area contributed by atoms with Gasteiger partial charge in [-0.3, -0.25) is 0 Å². The van der Waals surface area contributed by atoms with Gasteiger partial charge in [-0.1, -0.05) is 66.6 Å². The number of rotatable bonds is 13. The minimum atomic E-state index is -3.84. The van der Waals surface area contributed by atoms with Gasteiger partial charge in [-0.15, -0.1) is 0 Å². The lowest BCUT2D eigenvalue weighted by atomic mass is 9.93. The van der Waals surface area contributed by atoms with Crippen molar-refractivity contribution < 1.29 is 23.0 Å². The van der Waals surface area contributed by atoms with Crippen molar-refractivity contribution in [3.8, 4) is 5.75 Å². The zero-order valence-electron chi connectivity index (χ0n) is 23.1. The zero-order chi connectivity index (χ0) is 27.6. The maximum Gasteiger partial charge on any atom is 0.187 e. The molecule has 6 heteroatoms. The number of benzene rings is 2. The molecule has 0 radical (unpaired) electrons. The van der Waals surface area contributed by atoms with E-state index in [2.05, 4.69) is 0 Å². The normalized spacial score (nSPS) is 16.7. The second kappa shape index (κ2) is 14.3. The summed E-state index contributed by atoms with van der Waals surface area (Å²) in [5.41, 5.74) is 3.68. The average molecular weight is 527 g/mol. The van der Waals surface area contributed by atoms with E-state index in [0.717, 1.165) is 22.5 Å². The molecular formula is C31H42O5S. The number of methoxy groups -OCH3 is 2. The SMILES string of the molecule is C/C=C(/C)C(OC)[C@H](C)/C=C(\C)C(C(O)C/C(C)=C\Cc1cccc(OC)c1)S(=O)(=O)c1ccccc1. The second-order valence-corrected chi connectivity index (χ2v) is 11.7. The van der Waals surface area contributed by atoms with Gasteiger partial charge < -0.3 is 14.6 Å². The molecule has 0 heterocycles. The highest BCUT2D eigenvalue weighted by Gasteiger charge is 2.35. The molecule has 0 bridgehead atoms. The zero-order valence-corrected chi connectivity index (χ0v) is 24.0. The molecule has 0 saturated carbocycles. The quantitative estimate of drug-likeness (QED) is 0.308. The third kappa shape index (κ3) is 8.42. The smallest absolute Gasteiger partial charge is 0.187 e. The number of sulfone groups is 1. The predicted molar refractivity (Wildman–Crippen MR) is 152 cm³/mol. The molecular weight excluding hydrogens is 484 g/mol. The van der Waals surface area contributed by atoms with Crippen LogP contribution in [-0.4, -0.2) is 45.2 Å². The van der Waals surface area contributed by atoms with E-state index >= 15 is 0 Å². The molecule has 2 rings (SSSR count). The van der Waals surface area contributed by atoms with Crippen LogP contribution in [0.3, 0.4) is 0 Å². The number of aliphatic hydroxyl groups is 1. The fourth-order valence-electron chi connectivity index (χ4n) is 4.70. The second-order valence-electron chi connectivity index (χ2n) is 9.62. The number of allylic oxidation sites excluding steroid dienone is 2. The molecule has 0 fully saturated rings. The lowest BCUT2D eigenvalue weighted by Gasteiger charge is -2.27. The summed E-state index contributed by atoms with van der Waals surface area (Å²) in [5, 5.41) is 10.3. The first-order chi connectivity index (χ1) is 17.5. The molecule has 2 aromatic carbocycles. The van der Waals surface area contributed by atoms with Crippen molar-refractivity contribution in [1.82, 2.24) is 0 Å². The van der Waals surface area contributed by atoms with Gasteiger partial charge in [-0.2, -0.15) is 0 Å². The molecule has 0 saturated heterocycles. The lowest BCUT2D eigenvalue weighted by molar-refractivity contribution is 0.103. The van der Waals surface area contributed by atoms with Gasteiger partial charge in [0.2, 0.25) is 0 Å². The lowest BCUT2D eigenvalue weighted by Crippen LogP contribution is -2.36. The van der Waals surface area contributed by atoms with Crippen LogP contribution in [0.5, 0.6) is 5.75 Å².